The van der Waals surface area contributed by atoms with E-state index in [-0.39, 0.29) is 43.1 Å². The van der Waals surface area contributed by atoms with Crippen LogP contribution in [0.1, 0.15) is 48.9 Å². The first kappa shape index (κ1) is 17.0. The van der Waals surface area contributed by atoms with Crippen molar-refractivity contribution in [2.24, 2.45) is 5.92 Å². The van der Waals surface area contributed by atoms with Crippen LogP contribution in [0.25, 0.3) is 0 Å². The smallest absolute Gasteiger partial charge is 0.220 e. The topological polar surface area (TPSA) is 66.4 Å². The zero-order valence-electron chi connectivity index (χ0n) is 12.6. The number of nitrogens with one attached hydrogen (secondary N) is 1. The number of halogens is 1. The number of Topliss-reactive ketones (excluding diaryl/α,β-unsaturated/α-hetero) is 1. The molecule has 0 saturated heterocycles. The fraction of sp³-hybridized carbons (Fsp3) is 0.529. The van der Waals surface area contributed by atoms with Gasteiger partial charge in [0.25, 0.3) is 0 Å². The van der Waals surface area contributed by atoms with E-state index in [1.165, 1.54) is 0 Å². The highest BCUT2D eigenvalue weighted by Crippen LogP contribution is 2.24. The van der Waals surface area contributed by atoms with Crippen LogP contribution >= 0.6 is 11.6 Å². The standard InChI is InChI=1S/C17H22ClNO3/c18-14-7-5-12(6-8-14)16(21)9-10-17(22)19-15-4-2-1-3-13(15)11-20/h5-8,13,15,20H,1-4,9-11H2,(H,19,22). The van der Waals surface area contributed by atoms with Crippen molar-refractivity contribution in [3.63, 3.8) is 0 Å². The summed E-state index contributed by atoms with van der Waals surface area (Å²) in [5, 5.41) is 12.9. The first-order chi connectivity index (χ1) is 10.6. The normalized spacial score (nSPS) is 21.4. The van der Waals surface area contributed by atoms with Crippen LogP contribution in [0.3, 0.4) is 0 Å². The molecule has 4 nitrogen and oxygen atoms in total. The maximum absolute atomic E-state index is 12.0. The van der Waals surface area contributed by atoms with Gasteiger partial charge in [-0.25, -0.2) is 0 Å². The third-order valence-electron chi connectivity index (χ3n) is 4.24. The van der Waals surface area contributed by atoms with Crippen LogP contribution < -0.4 is 5.32 Å². The van der Waals surface area contributed by atoms with Gasteiger partial charge in [0, 0.05) is 42.0 Å². The lowest BCUT2D eigenvalue weighted by molar-refractivity contribution is -0.122. The van der Waals surface area contributed by atoms with Crippen LogP contribution in [-0.2, 0) is 4.79 Å². The molecule has 120 valence electrons. The molecule has 1 aromatic rings. The lowest BCUT2D eigenvalue weighted by Crippen LogP contribution is -2.43. The molecule has 1 amide bonds. The first-order valence-corrected chi connectivity index (χ1v) is 8.17. The minimum atomic E-state index is -0.118. The highest BCUT2D eigenvalue weighted by Gasteiger charge is 2.25. The summed E-state index contributed by atoms with van der Waals surface area (Å²) in [4.78, 5) is 24.0. The summed E-state index contributed by atoms with van der Waals surface area (Å²) in [6.07, 6.45) is 4.39. The summed E-state index contributed by atoms with van der Waals surface area (Å²) in [7, 11) is 0. The average Bonchev–Trinajstić information content (AvgIpc) is 2.54. The van der Waals surface area contributed by atoms with Crippen molar-refractivity contribution in [1.82, 2.24) is 5.32 Å². The van der Waals surface area contributed by atoms with E-state index in [0.29, 0.717) is 10.6 Å². The predicted octanol–water partition coefficient (Wildman–Crippen LogP) is 2.97. The maximum atomic E-state index is 12.0. The molecule has 2 unspecified atom stereocenters. The summed E-state index contributed by atoms with van der Waals surface area (Å²) in [6, 6.07) is 6.72. The molecule has 0 radical (unpaired) electrons. The molecule has 22 heavy (non-hydrogen) atoms. The Bertz CT molecular complexity index is 515. The van der Waals surface area contributed by atoms with Crippen molar-refractivity contribution < 1.29 is 14.7 Å². The number of carbonyl (C=O) groups excluding carboxylic acids is 2. The highest BCUT2D eigenvalue weighted by molar-refractivity contribution is 6.30. The molecule has 2 rings (SSSR count). The molecule has 1 aromatic carbocycles. The van der Waals surface area contributed by atoms with Gasteiger partial charge in [-0.3, -0.25) is 9.59 Å². The number of benzene rings is 1. The fourth-order valence-corrected chi connectivity index (χ4v) is 3.03. The summed E-state index contributed by atoms with van der Waals surface area (Å²) in [6.45, 7) is 0.106. The van der Waals surface area contributed by atoms with Gasteiger partial charge < -0.3 is 10.4 Å². The number of hydrogen-bond donors (Lipinski definition) is 2. The second kappa shape index (κ2) is 8.30. The quantitative estimate of drug-likeness (QED) is 0.791. The van der Waals surface area contributed by atoms with Gasteiger partial charge in [0.1, 0.15) is 0 Å². The molecule has 0 bridgehead atoms. The molecule has 0 spiro atoms. The second-order valence-corrected chi connectivity index (χ2v) is 6.27. The van der Waals surface area contributed by atoms with E-state index in [1.54, 1.807) is 24.3 Å². The Morgan fingerprint density at radius 2 is 1.82 bits per heavy atom. The molecule has 1 aliphatic carbocycles. The molecule has 1 fully saturated rings. The molecule has 0 aromatic heterocycles. The Hall–Kier alpha value is -1.39. The van der Waals surface area contributed by atoms with Crippen LogP contribution in [0.4, 0.5) is 0 Å². The van der Waals surface area contributed by atoms with Gasteiger partial charge >= 0.3 is 0 Å². The van der Waals surface area contributed by atoms with E-state index in [0.717, 1.165) is 25.7 Å². The van der Waals surface area contributed by atoms with Crippen molar-refractivity contribution in [3.05, 3.63) is 34.9 Å². The SMILES string of the molecule is O=C(CCC(=O)c1ccc(Cl)cc1)NC1CCCCC1CO. The third-order valence-corrected chi connectivity index (χ3v) is 4.49. The van der Waals surface area contributed by atoms with E-state index in [9.17, 15) is 14.7 Å². The van der Waals surface area contributed by atoms with Gasteiger partial charge in [-0.2, -0.15) is 0 Å². The number of rotatable bonds is 6. The van der Waals surface area contributed by atoms with Crippen LogP contribution in [-0.4, -0.2) is 29.4 Å². The first-order valence-electron chi connectivity index (χ1n) is 7.79. The van der Waals surface area contributed by atoms with Gasteiger partial charge in [0.05, 0.1) is 0 Å². The molecular weight excluding hydrogens is 302 g/mol. The number of aliphatic hydroxyl groups excluding tert-OH is 1. The van der Waals surface area contributed by atoms with Crippen molar-refractivity contribution in [2.75, 3.05) is 6.61 Å². The highest BCUT2D eigenvalue weighted by atomic mass is 35.5. The Morgan fingerprint density at radius 3 is 2.50 bits per heavy atom. The van der Waals surface area contributed by atoms with Crippen LogP contribution in [0.2, 0.25) is 5.02 Å². The fourth-order valence-electron chi connectivity index (χ4n) is 2.90. The minimum absolute atomic E-state index is 0.0388. The summed E-state index contributed by atoms with van der Waals surface area (Å²) < 4.78 is 0. The van der Waals surface area contributed by atoms with Crippen molar-refractivity contribution in [2.45, 2.75) is 44.6 Å². The van der Waals surface area contributed by atoms with Gasteiger partial charge in [0.15, 0.2) is 5.78 Å². The number of aliphatic hydroxyl groups is 1. The van der Waals surface area contributed by atoms with Crippen molar-refractivity contribution in [1.29, 1.82) is 0 Å². The monoisotopic (exact) mass is 323 g/mol. The zero-order valence-corrected chi connectivity index (χ0v) is 13.3. The van der Waals surface area contributed by atoms with Gasteiger partial charge in [-0.05, 0) is 37.1 Å². The molecule has 0 aliphatic heterocycles. The average molecular weight is 324 g/mol. The molecule has 2 atom stereocenters. The zero-order chi connectivity index (χ0) is 15.9. The van der Waals surface area contributed by atoms with E-state index >= 15 is 0 Å². The Kier molecular flexibility index (Phi) is 6.40. The van der Waals surface area contributed by atoms with Crippen LogP contribution in [0.15, 0.2) is 24.3 Å². The summed E-state index contributed by atoms with van der Waals surface area (Å²) in [5.74, 6) is -0.0356. The van der Waals surface area contributed by atoms with E-state index in [1.807, 2.05) is 0 Å². The number of carbonyl (C=O) groups is 2. The number of amides is 1. The summed E-state index contributed by atoms with van der Waals surface area (Å²) >= 11 is 5.78. The van der Waals surface area contributed by atoms with E-state index in [4.69, 9.17) is 11.6 Å². The Balaban J connectivity index is 1.79. The van der Waals surface area contributed by atoms with Gasteiger partial charge in [0.2, 0.25) is 5.91 Å². The molecule has 0 heterocycles. The molecule has 1 aliphatic rings. The largest absolute Gasteiger partial charge is 0.396 e. The van der Waals surface area contributed by atoms with E-state index in [2.05, 4.69) is 5.32 Å². The summed E-state index contributed by atoms with van der Waals surface area (Å²) in [5.41, 5.74) is 0.572. The number of ketones is 1. The predicted molar refractivity (Wildman–Crippen MR) is 86.0 cm³/mol. The van der Waals surface area contributed by atoms with Crippen LogP contribution in [0.5, 0.6) is 0 Å². The minimum Gasteiger partial charge on any atom is -0.396 e. The Labute approximate surface area is 135 Å². The van der Waals surface area contributed by atoms with Crippen molar-refractivity contribution >= 4 is 23.3 Å². The van der Waals surface area contributed by atoms with E-state index < -0.39 is 0 Å². The lowest BCUT2D eigenvalue weighted by Gasteiger charge is -2.30. The Morgan fingerprint density at radius 1 is 1.14 bits per heavy atom. The number of hydrogen-bond acceptors (Lipinski definition) is 3. The molecule has 1 saturated carbocycles. The molecule has 5 heteroatoms. The lowest BCUT2D eigenvalue weighted by atomic mass is 9.85. The van der Waals surface area contributed by atoms with Gasteiger partial charge in [-0.15, -0.1) is 0 Å². The van der Waals surface area contributed by atoms with Crippen molar-refractivity contribution in [3.8, 4) is 0 Å². The van der Waals surface area contributed by atoms with Gasteiger partial charge in [-0.1, -0.05) is 24.4 Å². The second-order valence-electron chi connectivity index (χ2n) is 5.83. The molecule has 2 N–H and O–H groups in total. The molecular formula is C17H22ClNO3. The third kappa shape index (κ3) is 4.82. The maximum Gasteiger partial charge on any atom is 0.220 e. The van der Waals surface area contributed by atoms with Crippen LogP contribution in [0, 0.1) is 5.92 Å².